The van der Waals surface area contributed by atoms with Gasteiger partial charge in [0.25, 0.3) is 0 Å². The first-order valence-corrected chi connectivity index (χ1v) is 7.51. The van der Waals surface area contributed by atoms with Crippen LogP contribution in [0.1, 0.15) is 18.6 Å². The molecule has 0 amide bonds. The Morgan fingerprint density at radius 1 is 1.28 bits per heavy atom. The van der Waals surface area contributed by atoms with E-state index >= 15 is 0 Å². The van der Waals surface area contributed by atoms with E-state index in [1.165, 1.54) is 13.2 Å². The second-order valence-electron chi connectivity index (χ2n) is 4.34. The highest BCUT2D eigenvalue weighted by atomic mass is 32.2. The van der Waals surface area contributed by atoms with Gasteiger partial charge in [0.15, 0.2) is 0 Å². The van der Waals surface area contributed by atoms with Crippen molar-refractivity contribution in [2.24, 2.45) is 5.92 Å². The van der Waals surface area contributed by atoms with Gasteiger partial charge in [0.05, 0.1) is 12.4 Å². The van der Waals surface area contributed by atoms with Crippen molar-refractivity contribution in [1.29, 1.82) is 0 Å². The van der Waals surface area contributed by atoms with E-state index in [1.54, 1.807) is 6.08 Å². The molecular weight excluding hydrogens is 250 g/mol. The average Bonchev–Trinajstić information content (AvgIpc) is 2.34. The maximum atomic E-state index is 11.2. The third-order valence-corrected chi connectivity index (χ3v) is 3.93. The summed E-state index contributed by atoms with van der Waals surface area (Å²) in [7, 11) is -1.76. The minimum Gasteiger partial charge on any atom is -0.388 e. The lowest BCUT2D eigenvalue weighted by Gasteiger charge is -2.17. The predicted octanol–water partition coefficient (Wildman–Crippen LogP) is 1.76. The normalized spacial score (nSPS) is 15.6. The third kappa shape index (κ3) is 4.16. The summed E-state index contributed by atoms with van der Waals surface area (Å²) in [6, 6.07) is 9.29. The first-order chi connectivity index (χ1) is 8.32. The minimum absolute atomic E-state index is 0.170. The third-order valence-electron chi connectivity index (χ3n) is 2.76. The molecule has 0 aliphatic heterocycles. The molecule has 0 heterocycles. The lowest BCUT2D eigenvalue weighted by atomic mass is 9.97. The molecule has 4 nitrogen and oxygen atoms in total. The van der Waals surface area contributed by atoms with E-state index in [1.807, 2.05) is 37.3 Å². The van der Waals surface area contributed by atoms with Crippen molar-refractivity contribution in [3.05, 3.63) is 48.2 Å². The smallest absolute Gasteiger partial charge is 0.231 e. The molecule has 2 atom stereocenters. The average molecular weight is 269 g/mol. The van der Waals surface area contributed by atoms with Crippen molar-refractivity contribution >= 4 is 10.0 Å². The number of hydrogen-bond donors (Lipinski definition) is 1. The number of hydrogen-bond acceptors (Lipinski definition) is 3. The summed E-state index contributed by atoms with van der Waals surface area (Å²) >= 11 is 0. The minimum atomic E-state index is -3.22. The van der Waals surface area contributed by atoms with E-state index in [0.29, 0.717) is 0 Å². The maximum absolute atomic E-state index is 11.2. The molecule has 0 saturated heterocycles. The highest BCUT2D eigenvalue weighted by Gasteiger charge is 2.14. The highest BCUT2D eigenvalue weighted by molar-refractivity contribution is 7.88. The Kier molecular flexibility index (Phi) is 4.93. The van der Waals surface area contributed by atoms with E-state index in [-0.39, 0.29) is 5.92 Å². The Morgan fingerprint density at radius 3 is 2.33 bits per heavy atom. The lowest BCUT2D eigenvalue weighted by molar-refractivity contribution is 0.139. The van der Waals surface area contributed by atoms with Crippen LogP contribution in [0, 0.1) is 5.92 Å². The van der Waals surface area contributed by atoms with Gasteiger partial charge in [-0.1, -0.05) is 43.3 Å². The van der Waals surface area contributed by atoms with Crippen LogP contribution in [0.15, 0.2) is 42.6 Å². The topological polar surface area (TPSA) is 57.6 Å². The summed E-state index contributed by atoms with van der Waals surface area (Å²) in [6.45, 7) is 1.84. The van der Waals surface area contributed by atoms with Crippen LogP contribution in [0.5, 0.6) is 0 Å². The number of rotatable bonds is 5. The molecule has 18 heavy (non-hydrogen) atoms. The SMILES string of the molecule is C[C@H](/C=C\N(C)S(C)(=O)=O)[C@@H](O)c1ccccc1. The van der Waals surface area contributed by atoms with E-state index in [9.17, 15) is 13.5 Å². The van der Waals surface area contributed by atoms with Crippen molar-refractivity contribution < 1.29 is 13.5 Å². The monoisotopic (exact) mass is 269 g/mol. The molecule has 100 valence electrons. The molecule has 0 radical (unpaired) electrons. The van der Waals surface area contributed by atoms with E-state index < -0.39 is 16.1 Å². The Hall–Kier alpha value is -1.33. The molecule has 1 aromatic rings. The second kappa shape index (κ2) is 6.02. The van der Waals surface area contributed by atoms with Crippen LogP contribution < -0.4 is 0 Å². The fourth-order valence-corrected chi connectivity index (χ4v) is 1.72. The summed E-state index contributed by atoms with van der Waals surface area (Å²) in [5, 5.41) is 10.1. The maximum Gasteiger partial charge on any atom is 0.231 e. The van der Waals surface area contributed by atoms with Gasteiger partial charge < -0.3 is 5.11 Å². The molecule has 0 aliphatic rings. The zero-order valence-electron chi connectivity index (χ0n) is 10.8. The van der Waals surface area contributed by atoms with Gasteiger partial charge in [-0.05, 0) is 5.56 Å². The van der Waals surface area contributed by atoms with E-state index in [4.69, 9.17) is 0 Å². The van der Waals surface area contributed by atoms with Gasteiger partial charge in [-0.15, -0.1) is 0 Å². The summed E-state index contributed by atoms with van der Waals surface area (Å²) in [4.78, 5) is 0. The predicted molar refractivity (Wildman–Crippen MR) is 72.3 cm³/mol. The molecular formula is C13H19NO3S. The second-order valence-corrected chi connectivity index (χ2v) is 6.38. The van der Waals surface area contributed by atoms with Crippen LogP contribution in [-0.4, -0.2) is 31.1 Å². The summed E-state index contributed by atoms with van der Waals surface area (Å²) in [6.07, 6.45) is 3.64. The molecule has 5 heteroatoms. The van der Waals surface area contributed by atoms with Gasteiger partial charge in [-0.3, -0.25) is 4.31 Å². The molecule has 0 saturated carbocycles. The van der Waals surface area contributed by atoms with Crippen molar-refractivity contribution in [1.82, 2.24) is 4.31 Å². The van der Waals surface area contributed by atoms with E-state index in [2.05, 4.69) is 0 Å². The number of aliphatic hydroxyl groups is 1. The molecule has 0 fully saturated rings. The van der Waals surface area contributed by atoms with Crippen LogP contribution in [0.4, 0.5) is 0 Å². The molecule has 1 N–H and O–H groups in total. The summed E-state index contributed by atoms with van der Waals surface area (Å²) in [5.41, 5.74) is 0.816. The zero-order chi connectivity index (χ0) is 13.8. The van der Waals surface area contributed by atoms with Gasteiger partial charge >= 0.3 is 0 Å². The van der Waals surface area contributed by atoms with E-state index in [0.717, 1.165) is 16.1 Å². The Labute approximate surface area is 109 Å². The van der Waals surface area contributed by atoms with Crippen molar-refractivity contribution in [3.63, 3.8) is 0 Å². The van der Waals surface area contributed by atoms with Gasteiger partial charge in [0, 0.05) is 19.2 Å². The Morgan fingerprint density at radius 2 is 1.83 bits per heavy atom. The highest BCUT2D eigenvalue weighted by Crippen LogP contribution is 2.22. The van der Waals surface area contributed by atoms with Crippen LogP contribution in [-0.2, 0) is 10.0 Å². The van der Waals surface area contributed by atoms with Gasteiger partial charge in [0.2, 0.25) is 10.0 Å². The van der Waals surface area contributed by atoms with Crippen molar-refractivity contribution in [3.8, 4) is 0 Å². The number of nitrogens with zero attached hydrogens (tertiary/aromatic N) is 1. The number of sulfonamides is 1. The fraction of sp³-hybridized carbons (Fsp3) is 0.385. The van der Waals surface area contributed by atoms with Gasteiger partial charge in [-0.25, -0.2) is 8.42 Å². The van der Waals surface area contributed by atoms with Gasteiger partial charge in [0.1, 0.15) is 0 Å². The molecule has 1 rings (SSSR count). The van der Waals surface area contributed by atoms with Crippen LogP contribution >= 0.6 is 0 Å². The lowest BCUT2D eigenvalue weighted by Crippen LogP contribution is -2.20. The molecule has 0 aromatic heterocycles. The number of benzene rings is 1. The van der Waals surface area contributed by atoms with Crippen molar-refractivity contribution in [2.75, 3.05) is 13.3 Å². The number of aliphatic hydroxyl groups excluding tert-OH is 1. The molecule has 0 bridgehead atoms. The zero-order valence-corrected chi connectivity index (χ0v) is 11.6. The first kappa shape index (κ1) is 14.7. The van der Waals surface area contributed by atoms with Crippen LogP contribution in [0.2, 0.25) is 0 Å². The Balaban J connectivity index is 2.72. The molecule has 0 spiro atoms. The molecule has 0 aliphatic carbocycles. The summed E-state index contributed by atoms with van der Waals surface area (Å²) in [5.74, 6) is -0.170. The quantitative estimate of drug-likeness (QED) is 0.886. The first-order valence-electron chi connectivity index (χ1n) is 5.66. The largest absolute Gasteiger partial charge is 0.388 e. The molecule has 0 unspecified atom stereocenters. The van der Waals surface area contributed by atoms with Gasteiger partial charge in [-0.2, -0.15) is 0 Å². The van der Waals surface area contributed by atoms with Crippen LogP contribution in [0.25, 0.3) is 0 Å². The molecule has 1 aromatic carbocycles. The van der Waals surface area contributed by atoms with Crippen LogP contribution in [0.3, 0.4) is 0 Å². The van der Waals surface area contributed by atoms with Crippen molar-refractivity contribution in [2.45, 2.75) is 13.0 Å². The fourth-order valence-electron chi connectivity index (χ4n) is 1.43. The standard InChI is InChI=1S/C13H19NO3S/c1-11(9-10-14(2)18(3,16)17)13(15)12-7-5-4-6-8-12/h4-11,13,15H,1-3H3/b10-9-/t11-,13-/m1/s1. The Bertz CT molecular complexity index is 496. The summed E-state index contributed by atoms with van der Waals surface area (Å²) < 4.78 is 23.5.